The zero-order valence-corrected chi connectivity index (χ0v) is 14.8. The van der Waals surface area contributed by atoms with Gasteiger partial charge in [-0.1, -0.05) is 48.0 Å². The first-order chi connectivity index (χ1) is 12.1. The highest BCUT2D eigenvalue weighted by Crippen LogP contribution is 2.31. The lowest BCUT2D eigenvalue weighted by Crippen LogP contribution is -2.40. The van der Waals surface area contributed by atoms with Gasteiger partial charge in [-0.25, -0.2) is 0 Å². The van der Waals surface area contributed by atoms with Crippen LogP contribution in [0.15, 0.2) is 48.5 Å². The Morgan fingerprint density at radius 3 is 2.52 bits per heavy atom. The maximum atomic E-state index is 12.6. The quantitative estimate of drug-likeness (QED) is 0.930. The molecule has 0 spiro atoms. The molecule has 1 atom stereocenters. The third-order valence-corrected chi connectivity index (χ3v) is 4.83. The zero-order valence-electron chi connectivity index (χ0n) is 14.8. The number of hydrogen-bond acceptors (Lipinski definition) is 2. The highest BCUT2D eigenvalue weighted by molar-refractivity contribution is 5.97. The summed E-state index contributed by atoms with van der Waals surface area (Å²) in [5.74, 6) is -0.220. The molecule has 130 valence electrons. The number of amides is 2. The Labute approximate surface area is 148 Å². The van der Waals surface area contributed by atoms with Gasteiger partial charge in [0.15, 0.2) is 0 Å². The van der Waals surface area contributed by atoms with E-state index in [9.17, 15) is 9.59 Å². The molecule has 1 N–H and O–H groups in total. The number of carbonyl (C=O) groups is 2. The number of hydrogen-bond donors (Lipinski definition) is 1. The summed E-state index contributed by atoms with van der Waals surface area (Å²) >= 11 is 0. The van der Waals surface area contributed by atoms with Crippen LogP contribution in [0.25, 0.3) is 0 Å². The van der Waals surface area contributed by atoms with Crippen LogP contribution in [0.5, 0.6) is 0 Å². The van der Waals surface area contributed by atoms with Crippen LogP contribution in [0.2, 0.25) is 0 Å². The van der Waals surface area contributed by atoms with Gasteiger partial charge in [0.2, 0.25) is 5.91 Å². The molecular weight excluding hydrogens is 312 g/mol. The lowest BCUT2D eigenvalue weighted by atomic mass is 10.0. The number of aryl methyl sites for hydroxylation is 2. The van der Waals surface area contributed by atoms with Gasteiger partial charge in [0, 0.05) is 12.1 Å². The number of nitrogens with zero attached hydrogens (tertiary/aromatic N) is 1. The van der Waals surface area contributed by atoms with E-state index in [1.165, 1.54) is 11.1 Å². The molecule has 2 amide bonds. The minimum atomic E-state index is -0.197. The maximum absolute atomic E-state index is 12.6. The summed E-state index contributed by atoms with van der Waals surface area (Å²) in [5.41, 5.74) is 3.91. The molecule has 0 radical (unpaired) electrons. The lowest BCUT2D eigenvalue weighted by Gasteiger charge is -2.25. The van der Waals surface area contributed by atoms with Crippen molar-refractivity contribution in [3.63, 3.8) is 0 Å². The van der Waals surface area contributed by atoms with Gasteiger partial charge in [-0.3, -0.25) is 9.59 Å². The topological polar surface area (TPSA) is 49.4 Å². The van der Waals surface area contributed by atoms with Crippen LogP contribution in [0.3, 0.4) is 0 Å². The van der Waals surface area contributed by atoms with Gasteiger partial charge in [0.25, 0.3) is 5.91 Å². The molecule has 25 heavy (non-hydrogen) atoms. The molecule has 0 saturated carbocycles. The minimum absolute atomic E-state index is 0.0231. The molecule has 1 fully saturated rings. The Balaban J connectivity index is 1.63. The number of likely N-dealkylation sites (tertiary alicyclic amines) is 1. The van der Waals surface area contributed by atoms with Crippen molar-refractivity contribution in [3.8, 4) is 0 Å². The number of carbonyl (C=O) groups excluding carboxylic acids is 2. The Hall–Kier alpha value is -2.62. The van der Waals surface area contributed by atoms with Crippen molar-refractivity contribution in [3.05, 3.63) is 70.8 Å². The molecule has 3 rings (SSSR count). The second-order valence-electron chi connectivity index (χ2n) is 6.65. The van der Waals surface area contributed by atoms with Crippen molar-refractivity contribution < 1.29 is 9.59 Å². The molecule has 0 bridgehead atoms. The summed E-state index contributed by atoms with van der Waals surface area (Å²) in [6, 6.07) is 15.9. The second kappa shape index (κ2) is 7.51. The fraction of sp³-hybridized carbons (Fsp3) is 0.333. The predicted molar refractivity (Wildman–Crippen MR) is 98.4 cm³/mol. The number of nitrogens with one attached hydrogen (secondary N) is 1. The highest BCUT2D eigenvalue weighted by atomic mass is 16.2. The van der Waals surface area contributed by atoms with Crippen LogP contribution in [-0.4, -0.2) is 29.8 Å². The Kier molecular flexibility index (Phi) is 5.17. The molecule has 4 heteroatoms. The van der Waals surface area contributed by atoms with E-state index in [2.05, 4.69) is 36.5 Å². The van der Waals surface area contributed by atoms with Gasteiger partial charge in [-0.05, 0) is 43.9 Å². The molecule has 1 heterocycles. The average Bonchev–Trinajstić information content (AvgIpc) is 3.10. The van der Waals surface area contributed by atoms with Crippen LogP contribution in [0.4, 0.5) is 0 Å². The summed E-state index contributed by atoms with van der Waals surface area (Å²) in [7, 11) is 0. The van der Waals surface area contributed by atoms with Crippen LogP contribution in [0.1, 0.15) is 45.9 Å². The van der Waals surface area contributed by atoms with E-state index in [-0.39, 0.29) is 24.4 Å². The molecular formula is C21H24N2O2. The molecule has 4 nitrogen and oxygen atoms in total. The van der Waals surface area contributed by atoms with E-state index < -0.39 is 0 Å². The molecule has 0 aromatic heterocycles. The van der Waals surface area contributed by atoms with Gasteiger partial charge < -0.3 is 10.2 Å². The molecule has 2 aromatic carbocycles. The van der Waals surface area contributed by atoms with Crippen molar-refractivity contribution in [2.45, 2.75) is 32.7 Å². The van der Waals surface area contributed by atoms with E-state index in [0.29, 0.717) is 5.56 Å². The molecule has 1 aliphatic rings. The van der Waals surface area contributed by atoms with E-state index in [4.69, 9.17) is 0 Å². The molecule has 1 aliphatic heterocycles. The zero-order chi connectivity index (χ0) is 17.8. The summed E-state index contributed by atoms with van der Waals surface area (Å²) in [4.78, 5) is 26.8. The van der Waals surface area contributed by atoms with Crippen LogP contribution >= 0.6 is 0 Å². The standard InChI is InChI=1S/C21H24N2O2/c1-15-9-11-17(12-10-15)19-8-5-13-23(19)20(24)14-22-21(25)18-7-4-3-6-16(18)2/h3-4,6-7,9-12,19H,5,8,13-14H2,1-2H3,(H,22,25). The Bertz CT molecular complexity index is 768. The van der Waals surface area contributed by atoms with E-state index >= 15 is 0 Å². The van der Waals surface area contributed by atoms with Crippen LogP contribution < -0.4 is 5.32 Å². The smallest absolute Gasteiger partial charge is 0.251 e. The lowest BCUT2D eigenvalue weighted by molar-refractivity contribution is -0.131. The minimum Gasteiger partial charge on any atom is -0.343 e. The van der Waals surface area contributed by atoms with Crippen LogP contribution in [0, 0.1) is 13.8 Å². The Morgan fingerprint density at radius 1 is 1.08 bits per heavy atom. The average molecular weight is 336 g/mol. The third kappa shape index (κ3) is 3.90. The van der Waals surface area contributed by atoms with E-state index in [1.54, 1.807) is 6.07 Å². The maximum Gasteiger partial charge on any atom is 0.251 e. The van der Waals surface area contributed by atoms with Crippen molar-refractivity contribution in [2.75, 3.05) is 13.1 Å². The van der Waals surface area contributed by atoms with Crippen LogP contribution in [-0.2, 0) is 4.79 Å². The second-order valence-corrected chi connectivity index (χ2v) is 6.65. The van der Waals surface area contributed by atoms with Gasteiger partial charge >= 0.3 is 0 Å². The van der Waals surface area contributed by atoms with Crippen molar-refractivity contribution >= 4 is 11.8 Å². The summed E-state index contributed by atoms with van der Waals surface area (Å²) in [5, 5.41) is 2.77. The van der Waals surface area contributed by atoms with Crippen molar-refractivity contribution in [1.82, 2.24) is 10.2 Å². The largest absolute Gasteiger partial charge is 0.343 e. The predicted octanol–water partition coefficient (Wildman–Crippen LogP) is 3.40. The monoisotopic (exact) mass is 336 g/mol. The van der Waals surface area contributed by atoms with Crippen molar-refractivity contribution in [2.24, 2.45) is 0 Å². The summed E-state index contributed by atoms with van der Waals surface area (Å²) in [6.07, 6.45) is 1.97. The van der Waals surface area contributed by atoms with E-state index in [1.807, 2.05) is 30.0 Å². The fourth-order valence-electron chi connectivity index (χ4n) is 3.38. The van der Waals surface area contributed by atoms with E-state index in [0.717, 1.165) is 24.9 Å². The fourth-order valence-corrected chi connectivity index (χ4v) is 3.38. The van der Waals surface area contributed by atoms with Gasteiger partial charge in [-0.15, -0.1) is 0 Å². The number of benzene rings is 2. The summed E-state index contributed by atoms with van der Waals surface area (Å²) < 4.78 is 0. The first-order valence-corrected chi connectivity index (χ1v) is 8.76. The summed E-state index contributed by atoms with van der Waals surface area (Å²) in [6.45, 7) is 4.74. The molecule has 1 saturated heterocycles. The SMILES string of the molecule is Cc1ccc(C2CCCN2C(=O)CNC(=O)c2ccccc2C)cc1. The molecule has 0 aliphatic carbocycles. The highest BCUT2D eigenvalue weighted by Gasteiger charge is 2.29. The molecule has 2 aromatic rings. The third-order valence-electron chi connectivity index (χ3n) is 4.83. The first kappa shape index (κ1) is 17.2. The number of rotatable bonds is 4. The van der Waals surface area contributed by atoms with Gasteiger partial charge in [-0.2, -0.15) is 0 Å². The van der Waals surface area contributed by atoms with Crippen molar-refractivity contribution in [1.29, 1.82) is 0 Å². The normalized spacial score (nSPS) is 16.7. The van der Waals surface area contributed by atoms with Gasteiger partial charge in [0.1, 0.15) is 0 Å². The first-order valence-electron chi connectivity index (χ1n) is 8.76. The Morgan fingerprint density at radius 2 is 1.80 bits per heavy atom. The van der Waals surface area contributed by atoms with Gasteiger partial charge in [0.05, 0.1) is 12.6 Å². The molecule has 1 unspecified atom stereocenters.